The van der Waals surface area contributed by atoms with Crippen molar-refractivity contribution in [3.8, 4) is 0 Å². The van der Waals surface area contributed by atoms with Crippen molar-refractivity contribution in [1.82, 2.24) is 20.1 Å². The van der Waals surface area contributed by atoms with E-state index in [1.807, 2.05) is 6.92 Å². The molecule has 0 spiro atoms. The van der Waals surface area contributed by atoms with Gasteiger partial charge in [0.05, 0.1) is 6.04 Å². The Morgan fingerprint density at radius 1 is 1.35 bits per heavy atom. The molecule has 0 fully saturated rings. The average molecular weight is 278 g/mol. The fourth-order valence-corrected chi connectivity index (χ4v) is 2.93. The van der Waals surface area contributed by atoms with E-state index < -0.39 is 0 Å². The summed E-state index contributed by atoms with van der Waals surface area (Å²) in [5, 5.41) is 11.6. The molecule has 1 N–H and O–H groups in total. The topological polar surface area (TPSA) is 59.8 Å². The molecule has 0 aromatic carbocycles. The summed E-state index contributed by atoms with van der Waals surface area (Å²) in [7, 11) is 0. The van der Waals surface area contributed by atoms with Crippen LogP contribution in [0.3, 0.4) is 0 Å². The minimum Gasteiger partial charge on any atom is -0.346 e. The Bertz CT molecular complexity index is 455. The van der Waals surface area contributed by atoms with E-state index in [4.69, 9.17) is 0 Å². The van der Waals surface area contributed by atoms with Crippen molar-refractivity contribution in [3.63, 3.8) is 0 Å². The number of hydrogen-bond donors (Lipinski definition) is 1. The fraction of sp³-hybridized carbons (Fsp3) is 0.800. The summed E-state index contributed by atoms with van der Waals surface area (Å²) in [5.41, 5.74) is 0. The third kappa shape index (κ3) is 3.58. The molecule has 0 saturated heterocycles. The molecule has 1 aromatic heterocycles. The van der Waals surface area contributed by atoms with Gasteiger partial charge in [0.15, 0.2) is 5.82 Å². The number of hydrogen-bond acceptors (Lipinski definition) is 3. The molecular formula is C15H26N4O. The fourth-order valence-electron chi connectivity index (χ4n) is 2.93. The second-order valence-corrected chi connectivity index (χ2v) is 5.97. The standard InChI is InChI=1S/C15H26N4O/c1-4-7-11(2)10-14(20)16-12(3)15-18-17-13-8-5-6-9-19(13)15/h11-12H,4-10H2,1-3H3,(H,16,20). The smallest absolute Gasteiger partial charge is 0.220 e. The highest BCUT2D eigenvalue weighted by Crippen LogP contribution is 2.19. The van der Waals surface area contributed by atoms with Crippen LogP contribution in [0.15, 0.2) is 0 Å². The van der Waals surface area contributed by atoms with Crippen molar-refractivity contribution in [2.45, 2.75) is 71.9 Å². The largest absolute Gasteiger partial charge is 0.346 e. The molecule has 0 saturated carbocycles. The first-order valence-corrected chi connectivity index (χ1v) is 7.83. The van der Waals surface area contributed by atoms with Gasteiger partial charge in [0.2, 0.25) is 5.91 Å². The van der Waals surface area contributed by atoms with Gasteiger partial charge in [-0.3, -0.25) is 4.79 Å². The SMILES string of the molecule is CCCC(C)CC(=O)NC(C)c1nnc2n1CCCC2. The lowest BCUT2D eigenvalue weighted by Gasteiger charge is -2.19. The number of nitrogens with one attached hydrogen (secondary N) is 1. The van der Waals surface area contributed by atoms with Gasteiger partial charge in [0.1, 0.15) is 5.82 Å². The Labute approximate surface area is 121 Å². The Balaban J connectivity index is 1.93. The molecule has 1 aliphatic rings. The number of nitrogens with zero attached hydrogens (tertiary/aromatic N) is 3. The highest BCUT2D eigenvalue weighted by Gasteiger charge is 2.21. The third-order valence-electron chi connectivity index (χ3n) is 3.97. The summed E-state index contributed by atoms with van der Waals surface area (Å²) in [4.78, 5) is 12.0. The van der Waals surface area contributed by atoms with Crippen molar-refractivity contribution >= 4 is 5.91 Å². The number of fused-ring (bicyclic) bond motifs is 1. The van der Waals surface area contributed by atoms with Gasteiger partial charge in [0.25, 0.3) is 0 Å². The molecule has 0 aliphatic carbocycles. The maximum Gasteiger partial charge on any atom is 0.220 e. The summed E-state index contributed by atoms with van der Waals surface area (Å²) < 4.78 is 2.17. The molecule has 2 unspecified atom stereocenters. The van der Waals surface area contributed by atoms with Gasteiger partial charge in [-0.25, -0.2) is 0 Å². The highest BCUT2D eigenvalue weighted by molar-refractivity contribution is 5.76. The zero-order valence-corrected chi connectivity index (χ0v) is 12.9. The first-order valence-electron chi connectivity index (χ1n) is 7.83. The zero-order valence-electron chi connectivity index (χ0n) is 12.9. The minimum atomic E-state index is -0.0596. The Hall–Kier alpha value is -1.39. The predicted octanol–water partition coefficient (Wildman–Crippen LogP) is 2.62. The van der Waals surface area contributed by atoms with Gasteiger partial charge in [-0.15, -0.1) is 10.2 Å². The molecule has 1 aromatic rings. The molecule has 1 aliphatic heterocycles. The number of rotatable bonds is 6. The van der Waals surface area contributed by atoms with Crippen LogP contribution in [0.4, 0.5) is 0 Å². The van der Waals surface area contributed by atoms with Crippen LogP contribution in [0.5, 0.6) is 0 Å². The second-order valence-electron chi connectivity index (χ2n) is 5.97. The van der Waals surface area contributed by atoms with E-state index in [0.29, 0.717) is 12.3 Å². The number of aryl methyl sites for hydroxylation is 1. The molecule has 5 heteroatoms. The van der Waals surface area contributed by atoms with E-state index in [-0.39, 0.29) is 11.9 Å². The highest BCUT2D eigenvalue weighted by atomic mass is 16.1. The van der Waals surface area contributed by atoms with E-state index in [2.05, 4.69) is 33.9 Å². The molecule has 2 heterocycles. The third-order valence-corrected chi connectivity index (χ3v) is 3.97. The van der Waals surface area contributed by atoms with Crippen molar-refractivity contribution in [3.05, 3.63) is 11.6 Å². The van der Waals surface area contributed by atoms with E-state index in [1.54, 1.807) is 0 Å². The van der Waals surface area contributed by atoms with E-state index in [0.717, 1.165) is 37.5 Å². The molecular weight excluding hydrogens is 252 g/mol. The van der Waals surface area contributed by atoms with Crippen LogP contribution < -0.4 is 5.32 Å². The zero-order chi connectivity index (χ0) is 14.5. The molecule has 2 atom stereocenters. The van der Waals surface area contributed by atoms with Gasteiger partial charge in [-0.05, 0) is 25.7 Å². The van der Waals surface area contributed by atoms with Crippen LogP contribution in [0.25, 0.3) is 0 Å². The maximum atomic E-state index is 12.0. The first kappa shape index (κ1) is 15.0. The first-order chi connectivity index (χ1) is 9.61. The van der Waals surface area contributed by atoms with E-state index in [1.165, 1.54) is 12.8 Å². The molecule has 0 radical (unpaired) electrons. The van der Waals surface area contributed by atoms with Gasteiger partial charge in [-0.1, -0.05) is 26.7 Å². The average Bonchev–Trinajstić information content (AvgIpc) is 2.82. The van der Waals surface area contributed by atoms with Crippen LogP contribution in [0.1, 0.15) is 70.6 Å². The molecule has 112 valence electrons. The van der Waals surface area contributed by atoms with E-state index in [9.17, 15) is 4.79 Å². The lowest BCUT2D eigenvalue weighted by Crippen LogP contribution is -2.30. The van der Waals surface area contributed by atoms with Gasteiger partial charge < -0.3 is 9.88 Å². The summed E-state index contributed by atoms with van der Waals surface area (Å²) in [6.45, 7) is 7.25. The van der Waals surface area contributed by atoms with Crippen LogP contribution in [-0.2, 0) is 17.8 Å². The van der Waals surface area contributed by atoms with Crippen LogP contribution in [0.2, 0.25) is 0 Å². The Morgan fingerprint density at radius 3 is 2.90 bits per heavy atom. The van der Waals surface area contributed by atoms with Gasteiger partial charge in [0, 0.05) is 19.4 Å². The molecule has 1 amide bonds. The summed E-state index contributed by atoms with van der Waals surface area (Å²) in [6.07, 6.45) is 6.18. The number of carbonyl (C=O) groups is 1. The summed E-state index contributed by atoms with van der Waals surface area (Å²) in [5.74, 6) is 2.52. The summed E-state index contributed by atoms with van der Waals surface area (Å²) in [6, 6.07) is -0.0596. The van der Waals surface area contributed by atoms with Crippen molar-refractivity contribution < 1.29 is 4.79 Å². The number of aromatic nitrogens is 3. The quantitative estimate of drug-likeness (QED) is 0.870. The predicted molar refractivity (Wildman–Crippen MR) is 78.2 cm³/mol. The monoisotopic (exact) mass is 278 g/mol. The Morgan fingerprint density at radius 2 is 2.15 bits per heavy atom. The molecule has 2 rings (SSSR count). The van der Waals surface area contributed by atoms with Crippen molar-refractivity contribution in [2.75, 3.05) is 0 Å². The normalized spacial score (nSPS) is 17.4. The Kier molecular flexibility index (Phi) is 5.15. The second kappa shape index (κ2) is 6.86. The maximum absolute atomic E-state index is 12.0. The van der Waals surface area contributed by atoms with E-state index >= 15 is 0 Å². The van der Waals surface area contributed by atoms with Crippen LogP contribution in [0, 0.1) is 5.92 Å². The lowest BCUT2D eigenvalue weighted by atomic mass is 10.0. The molecule has 20 heavy (non-hydrogen) atoms. The number of carbonyl (C=O) groups excluding carboxylic acids is 1. The number of amides is 1. The minimum absolute atomic E-state index is 0.0596. The van der Waals surface area contributed by atoms with Gasteiger partial charge in [-0.2, -0.15) is 0 Å². The van der Waals surface area contributed by atoms with Gasteiger partial charge >= 0.3 is 0 Å². The van der Waals surface area contributed by atoms with Crippen LogP contribution >= 0.6 is 0 Å². The lowest BCUT2D eigenvalue weighted by molar-refractivity contribution is -0.122. The molecule has 5 nitrogen and oxygen atoms in total. The van der Waals surface area contributed by atoms with Crippen molar-refractivity contribution in [2.24, 2.45) is 5.92 Å². The van der Waals surface area contributed by atoms with Crippen molar-refractivity contribution in [1.29, 1.82) is 0 Å². The van der Waals surface area contributed by atoms with Crippen LogP contribution in [-0.4, -0.2) is 20.7 Å². The molecule has 0 bridgehead atoms. The summed E-state index contributed by atoms with van der Waals surface area (Å²) >= 11 is 0.